The Morgan fingerprint density at radius 1 is 0.549 bits per heavy atom. The molecule has 0 fully saturated rings. The van der Waals surface area contributed by atoms with E-state index in [-0.39, 0.29) is 16.2 Å². The van der Waals surface area contributed by atoms with E-state index in [4.69, 9.17) is 9.72 Å². The van der Waals surface area contributed by atoms with Crippen molar-refractivity contribution in [1.82, 2.24) is 18.7 Å². The van der Waals surface area contributed by atoms with Crippen molar-refractivity contribution in [2.75, 3.05) is 0 Å². The van der Waals surface area contributed by atoms with Gasteiger partial charge in [0.1, 0.15) is 0 Å². The summed E-state index contributed by atoms with van der Waals surface area (Å²) in [5.41, 5.74) is 17.6. The van der Waals surface area contributed by atoms with Crippen molar-refractivity contribution >= 4 is 32.8 Å². The number of hydrogen-bond donors (Lipinski definition) is 0. The molecule has 7 aromatic carbocycles. The number of fused-ring (bicyclic) bond motifs is 5. The zero-order valence-electron chi connectivity index (χ0n) is 42.6. The molecule has 71 heavy (non-hydrogen) atoms. The van der Waals surface area contributed by atoms with Gasteiger partial charge < -0.3 is 0 Å². The molecule has 1 unspecified atom stereocenters. The Kier molecular flexibility index (Phi) is 11.6. The molecule has 0 aliphatic heterocycles. The van der Waals surface area contributed by atoms with Gasteiger partial charge in [0.15, 0.2) is 0 Å². The molecule has 0 radical (unpaired) electrons. The minimum atomic E-state index is -0.0383. The van der Waals surface area contributed by atoms with Gasteiger partial charge in [0.2, 0.25) is 0 Å². The van der Waals surface area contributed by atoms with E-state index < -0.39 is 0 Å². The number of hydrogen-bond acceptors (Lipinski definition) is 2. The Hall–Kier alpha value is -6.55. The van der Waals surface area contributed by atoms with Crippen molar-refractivity contribution in [1.29, 1.82) is 0 Å². The standard InChI is InChI=1S/C65H62N4O.Pt/c1-42-26-27-44-36-59-56(35-45(44)32-42)55-29-28-52(40-60(55)69(59)61-38-47(30-31-66-61)63(2,3)4)70-51-21-16-20-50(39-51)67-41-68(58-25-15-14-24-57(58)67)62-53(43-18-12-11-13-19-43)22-17-23-54(62)46-33-48(64(5,6)7)37-49(34-46)65(8,9)10;/h11-25,28-31,33-38,42H,26-27,32H2,1-10H3;/q-2;. The molecule has 10 aromatic rings. The number of aromatic nitrogens is 4. The molecule has 0 N–H and O–H groups in total. The maximum atomic E-state index is 6.83. The van der Waals surface area contributed by atoms with Gasteiger partial charge in [-0.1, -0.05) is 27.7 Å². The quantitative estimate of drug-likeness (QED) is 0.149. The molecule has 5 nitrogen and oxygen atoms in total. The van der Waals surface area contributed by atoms with Crippen LogP contribution in [0.4, 0.5) is 0 Å². The molecule has 360 valence electrons. The predicted molar refractivity (Wildman–Crippen MR) is 290 cm³/mol. The molecule has 3 heterocycles. The van der Waals surface area contributed by atoms with E-state index in [1.54, 1.807) is 0 Å². The summed E-state index contributed by atoms with van der Waals surface area (Å²) in [5.74, 6) is 2.80. The molecule has 0 saturated heterocycles. The van der Waals surface area contributed by atoms with Gasteiger partial charge in [-0.15, -0.1) is 0 Å². The first-order valence-corrected chi connectivity index (χ1v) is 26.3. The minimum Gasteiger partial charge on any atom is -0.0561 e. The Morgan fingerprint density at radius 3 is 1.90 bits per heavy atom. The van der Waals surface area contributed by atoms with Crippen molar-refractivity contribution in [2.45, 2.75) is 105 Å². The van der Waals surface area contributed by atoms with Gasteiger partial charge in [-0.2, -0.15) is 0 Å². The molecule has 11 rings (SSSR count). The Balaban J connectivity index is 1.06. The van der Waals surface area contributed by atoms with E-state index >= 15 is 0 Å². The summed E-state index contributed by atoms with van der Waals surface area (Å²) in [4.78, 5) is 5.00. The van der Waals surface area contributed by atoms with Crippen LogP contribution >= 0.6 is 0 Å². The summed E-state index contributed by atoms with van der Waals surface area (Å²) < 4.78 is 14.9. The molecule has 6 heteroatoms. The number of imidazole rings is 1. The normalized spacial score (nSPS) is 14.4. The zero-order valence-corrected chi connectivity index (χ0v) is 44.9. The molecule has 0 spiro atoms. The van der Waals surface area contributed by atoms with Crippen molar-refractivity contribution in [3.8, 4) is 50.9 Å². The van der Waals surface area contributed by atoms with Crippen LogP contribution in [0.25, 0.3) is 72.3 Å². The Morgan fingerprint density at radius 2 is 1.20 bits per heavy atom. The molecule has 1 aliphatic carbocycles. The first-order valence-electron chi connectivity index (χ1n) is 25.1. The van der Waals surface area contributed by atoms with Crippen LogP contribution in [0.1, 0.15) is 103 Å². The molecule has 0 amide bonds. The molecule has 3 aromatic heterocycles. The third-order valence-corrected chi connectivity index (χ3v) is 15.5. The van der Waals surface area contributed by atoms with Gasteiger partial charge in [0.25, 0.3) is 0 Å². The minimum absolute atomic E-state index is 0.0332. The van der Waals surface area contributed by atoms with Crippen LogP contribution in [0.2, 0.25) is 0 Å². The van der Waals surface area contributed by atoms with Crippen molar-refractivity contribution in [2.24, 2.45) is 5.92 Å². The molecule has 0 saturated carbocycles. The van der Waals surface area contributed by atoms with Crippen LogP contribution in [0.15, 0.2) is 152 Å². The van der Waals surface area contributed by atoms with Gasteiger partial charge >= 0.3 is 346 Å². The predicted octanol–water partition coefficient (Wildman–Crippen LogP) is 16.7. The van der Waals surface area contributed by atoms with Crippen molar-refractivity contribution in [3.05, 3.63) is 196 Å². The first-order chi connectivity index (χ1) is 33.9. The van der Waals surface area contributed by atoms with Crippen LogP contribution in [-0.4, -0.2) is 18.7 Å². The van der Waals surface area contributed by atoms with Gasteiger partial charge in [-0.25, -0.2) is 0 Å². The SMILES string of the molecule is CC1CCc2cc3c(cc2C1)c1ccc(Oc2[c-]c(-n4[c](=[Pt])n(-c5c(-c6ccccc6)cccc5-c5cc(C(C)(C)C)cc(C(C)(C)C)c5)c5ccccc54)ccc2)[c-]c1n3-c1cc(C(C)(C)C)ccn1. The number of pyridine rings is 1. The first kappa shape index (κ1) is 46.8. The average molecular weight is 1110 g/mol. The molecule has 0 bridgehead atoms. The van der Waals surface area contributed by atoms with Gasteiger partial charge in [0.05, 0.1) is 0 Å². The molecule has 1 aliphatic rings. The molecule has 1 atom stereocenters. The van der Waals surface area contributed by atoms with E-state index in [0.717, 1.165) is 72.4 Å². The summed E-state index contributed by atoms with van der Waals surface area (Å²) in [7, 11) is 0. The third-order valence-electron chi connectivity index (χ3n) is 14.5. The van der Waals surface area contributed by atoms with E-state index in [1.165, 1.54) is 50.8 Å². The number of ether oxygens (including phenoxy) is 1. The number of rotatable bonds is 7. The van der Waals surface area contributed by atoms with Crippen LogP contribution in [0, 0.1) is 21.9 Å². The summed E-state index contributed by atoms with van der Waals surface area (Å²) in [5, 5.41) is 2.37. The molecular formula is C65H62N4OPt-2. The van der Waals surface area contributed by atoms with Crippen LogP contribution in [-0.2, 0) is 48.4 Å². The second kappa shape index (κ2) is 17.6. The summed E-state index contributed by atoms with van der Waals surface area (Å²) in [6, 6.07) is 60.6. The smallest absolute Gasteiger partial charge is 0.0561 e. The van der Waals surface area contributed by atoms with Crippen molar-refractivity contribution < 1.29 is 24.1 Å². The number of benzene rings is 7. The molecular weight excluding hydrogens is 1050 g/mol. The maximum absolute atomic E-state index is 6.83. The number of nitrogens with zero attached hydrogens (tertiary/aromatic N) is 4. The summed E-state index contributed by atoms with van der Waals surface area (Å²) >= 11 is 2.52. The Bertz CT molecular complexity index is 3720. The third kappa shape index (κ3) is 8.65. The second-order valence-corrected chi connectivity index (χ2v) is 23.8. The fourth-order valence-electron chi connectivity index (χ4n) is 10.5. The van der Waals surface area contributed by atoms with E-state index in [0.29, 0.717) is 17.4 Å². The fraction of sp³-hybridized carbons (Fsp3) is 0.262. The Labute approximate surface area is 430 Å². The summed E-state index contributed by atoms with van der Waals surface area (Å²) in [6.45, 7) is 23.0. The van der Waals surface area contributed by atoms with Gasteiger partial charge in [-0.05, 0) is 53.4 Å². The topological polar surface area (TPSA) is 36.9 Å². The van der Waals surface area contributed by atoms with Crippen LogP contribution < -0.4 is 4.74 Å². The second-order valence-electron chi connectivity index (χ2n) is 22.8. The zero-order chi connectivity index (χ0) is 49.6. The average Bonchev–Trinajstić information content (AvgIpc) is 3.82. The van der Waals surface area contributed by atoms with Crippen LogP contribution in [0.3, 0.4) is 0 Å². The number of para-hydroxylation sites is 3. The van der Waals surface area contributed by atoms with E-state index in [9.17, 15) is 0 Å². The van der Waals surface area contributed by atoms with Gasteiger partial charge in [0, 0.05) is 6.20 Å². The van der Waals surface area contributed by atoms with Crippen LogP contribution in [0.5, 0.6) is 11.5 Å². The monoisotopic (exact) mass is 1110 g/mol. The number of aryl methyl sites for hydroxylation is 1. The fourth-order valence-corrected chi connectivity index (χ4v) is 11.6. The van der Waals surface area contributed by atoms with E-state index in [2.05, 4.69) is 254 Å². The van der Waals surface area contributed by atoms with Crippen molar-refractivity contribution in [3.63, 3.8) is 0 Å². The van der Waals surface area contributed by atoms with E-state index in [1.807, 2.05) is 12.3 Å². The summed E-state index contributed by atoms with van der Waals surface area (Å²) in [6.07, 6.45) is 5.35. The van der Waals surface area contributed by atoms with Gasteiger partial charge in [-0.3, -0.25) is 0 Å².